The summed E-state index contributed by atoms with van der Waals surface area (Å²) in [6.07, 6.45) is 3.18. The first-order valence-electron chi connectivity index (χ1n) is 11.5. The van der Waals surface area contributed by atoms with Crippen molar-refractivity contribution in [2.45, 2.75) is 13.0 Å². The molecule has 1 unspecified atom stereocenters. The summed E-state index contributed by atoms with van der Waals surface area (Å²) in [5.41, 5.74) is 4.05. The Morgan fingerprint density at radius 1 is 1.00 bits per heavy atom. The van der Waals surface area contributed by atoms with Crippen LogP contribution in [0, 0.1) is 0 Å². The van der Waals surface area contributed by atoms with Gasteiger partial charge in [-0.25, -0.2) is 4.79 Å². The van der Waals surface area contributed by atoms with Crippen molar-refractivity contribution in [2.24, 2.45) is 0 Å². The predicted molar refractivity (Wildman–Crippen MR) is 140 cm³/mol. The summed E-state index contributed by atoms with van der Waals surface area (Å²) in [4.78, 5) is 39.3. The van der Waals surface area contributed by atoms with E-state index in [-0.39, 0.29) is 29.9 Å². The fourth-order valence-corrected chi connectivity index (χ4v) is 4.07. The topological polar surface area (TPSA) is 98.7 Å². The van der Waals surface area contributed by atoms with Crippen molar-refractivity contribution in [3.8, 4) is 5.75 Å². The third-order valence-corrected chi connectivity index (χ3v) is 6.04. The summed E-state index contributed by atoms with van der Waals surface area (Å²) >= 11 is 0. The lowest BCUT2D eigenvalue weighted by Crippen LogP contribution is -2.47. The van der Waals surface area contributed by atoms with E-state index in [1.54, 1.807) is 61.7 Å². The Bertz CT molecular complexity index is 1330. The molecule has 4 rings (SSSR count). The van der Waals surface area contributed by atoms with E-state index in [1.807, 2.05) is 30.3 Å². The number of anilines is 1. The van der Waals surface area contributed by atoms with Crippen LogP contribution in [0.25, 0.3) is 6.08 Å². The van der Waals surface area contributed by atoms with Crippen molar-refractivity contribution >= 4 is 29.4 Å². The Hall–Kier alpha value is -4.65. The number of benzene rings is 3. The maximum Gasteiger partial charge on any atom is 0.322 e. The van der Waals surface area contributed by atoms with Gasteiger partial charge in [0.15, 0.2) is 11.6 Å². The molecule has 3 aromatic carbocycles. The van der Waals surface area contributed by atoms with Crippen LogP contribution in [0.1, 0.15) is 34.5 Å². The summed E-state index contributed by atoms with van der Waals surface area (Å²) in [6.45, 7) is 1.76. The number of Topliss-reactive ketones (excluding diaryl/α,β-unsaturated/α-hetero) is 1. The smallest absolute Gasteiger partial charge is 0.322 e. The van der Waals surface area contributed by atoms with Crippen LogP contribution in [0.5, 0.6) is 5.75 Å². The molecule has 0 saturated carbocycles. The zero-order valence-corrected chi connectivity index (χ0v) is 20.1. The average Bonchev–Trinajstić information content (AvgIpc) is 2.89. The number of nitrogens with zero attached hydrogens (tertiary/aromatic N) is 1. The quantitative estimate of drug-likeness (QED) is 0.313. The first-order valence-corrected chi connectivity index (χ1v) is 11.5. The maximum absolute atomic E-state index is 12.7. The van der Waals surface area contributed by atoms with E-state index < -0.39 is 6.04 Å². The molecule has 2 amide bonds. The van der Waals surface area contributed by atoms with E-state index in [4.69, 9.17) is 0 Å². The Balaban J connectivity index is 1.49. The molecule has 3 aromatic rings. The van der Waals surface area contributed by atoms with Gasteiger partial charge in [0.2, 0.25) is 0 Å². The number of allylic oxidation sites excluding steroid dienone is 1. The highest BCUT2D eigenvalue weighted by Crippen LogP contribution is 2.30. The lowest BCUT2D eigenvalue weighted by molar-refractivity contribution is -0.114. The molecule has 0 saturated heterocycles. The summed E-state index contributed by atoms with van der Waals surface area (Å²) in [6, 6.07) is 22.2. The zero-order valence-electron chi connectivity index (χ0n) is 20.1. The van der Waals surface area contributed by atoms with Gasteiger partial charge in [-0.1, -0.05) is 48.5 Å². The van der Waals surface area contributed by atoms with Gasteiger partial charge in [-0.05, 0) is 60.5 Å². The molecular formula is C29H27N3O4. The highest BCUT2D eigenvalue weighted by Gasteiger charge is 2.34. The summed E-state index contributed by atoms with van der Waals surface area (Å²) in [5.74, 6) is -0.0946. The predicted octanol–water partition coefficient (Wildman–Crippen LogP) is 4.94. The number of ketones is 2. The molecule has 0 aliphatic carbocycles. The van der Waals surface area contributed by atoms with Crippen LogP contribution in [0.4, 0.5) is 10.5 Å². The fourth-order valence-electron chi connectivity index (χ4n) is 4.07. The monoisotopic (exact) mass is 481 g/mol. The lowest BCUT2D eigenvalue weighted by Gasteiger charge is -2.35. The van der Waals surface area contributed by atoms with Crippen LogP contribution < -0.4 is 10.6 Å². The number of carbonyl (C=O) groups excluding carboxylic acids is 3. The highest BCUT2D eigenvalue weighted by molar-refractivity contribution is 6.07. The Morgan fingerprint density at radius 3 is 2.31 bits per heavy atom. The van der Waals surface area contributed by atoms with E-state index in [9.17, 15) is 19.5 Å². The number of amides is 2. The van der Waals surface area contributed by atoms with Crippen LogP contribution >= 0.6 is 0 Å². The van der Waals surface area contributed by atoms with Gasteiger partial charge in [-0.15, -0.1) is 0 Å². The zero-order chi connectivity index (χ0) is 25.7. The first-order chi connectivity index (χ1) is 17.3. The van der Waals surface area contributed by atoms with Crippen LogP contribution in [0.15, 0.2) is 96.2 Å². The minimum absolute atomic E-state index is 0.117. The van der Waals surface area contributed by atoms with Crippen molar-refractivity contribution in [1.29, 1.82) is 0 Å². The molecule has 1 heterocycles. The molecule has 182 valence electrons. The third kappa shape index (κ3) is 5.52. The molecule has 0 radical (unpaired) electrons. The Labute approximate surface area is 209 Å². The minimum atomic E-state index is -0.524. The molecular weight excluding hydrogens is 454 g/mol. The molecule has 1 aliphatic rings. The second-order valence-corrected chi connectivity index (χ2v) is 8.49. The number of phenolic OH excluding ortho intramolecular Hbond substituents is 1. The van der Waals surface area contributed by atoms with Crippen LogP contribution in [-0.2, 0) is 4.79 Å². The Morgan fingerprint density at radius 2 is 1.67 bits per heavy atom. The maximum atomic E-state index is 12.7. The molecule has 7 nitrogen and oxygen atoms in total. The number of rotatable bonds is 8. The normalized spacial score (nSPS) is 15.7. The molecule has 0 bridgehead atoms. The fraction of sp³-hybridized carbons (Fsp3) is 0.138. The summed E-state index contributed by atoms with van der Waals surface area (Å²) in [7, 11) is 1.64. The van der Waals surface area contributed by atoms with Gasteiger partial charge < -0.3 is 15.7 Å². The number of nitrogens with one attached hydrogen (secondary N) is 2. The number of aromatic hydroxyl groups is 1. The highest BCUT2D eigenvalue weighted by atomic mass is 16.3. The van der Waals surface area contributed by atoms with Gasteiger partial charge in [-0.3, -0.25) is 14.5 Å². The van der Waals surface area contributed by atoms with E-state index >= 15 is 0 Å². The number of likely N-dealkylation sites (N-methyl/N-ethyl adjacent to an activating group) is 1. The molecule has 1 aliphatic heterocycles. The average molecular weight is 482 g/mol. The van der Waals surface area contributed by atoms with E-state index in [0.717, 1.165) is 16.8 Å². The van der Waals surface area contributed by atoms with E-state index in [2.05, 4.69) is 10.6 Å². The molecule has 3 N–H and O–H groups in total. The molecule has 7 heteroatoms. The van der Waals surface area contributed by atoms with Crippen molar-refractivity contribution < 1.29 is 19.5 Å². The summed E-state index contributed by atoms with van der Waals surface area (Å²) < 4.78 is 0. The molecule has 0 spiro atoms. The first kappa shape index (κ1) is 24.5. The second kappa shape index (κ2) is 10.7. The largest absolute Gasteiger partial charge is 0.508 e. The molecule has 0 fully saturated rings. The minimum Gasteiger partial charge on any atom is -0.508 e. The van der Waals surface area contributed by atoms with Crippen LogP contribution in [-0.4, -0.2) is 41.2 Å². The number of hydrogen-bond donors (Lipinski definition) is 3. The van der Waals surface area contributed by atoms with Gasteiger partial charge in [0, 0.05) is 23.9 Å². The standard InChI is InChI=1S/C29H27N3O4/c1-19(33)27-25(32(2)29(36)31-28(27)22-6-4-3-5-7-22)18-30-23-13-11-21(12-14-23)26(35)17-10-20-8-15-24(34)16-9-20/h3-17,28,30,34H,18H2,1-2H3,(H,31,36)/b17-10+. The third-order valence-electron chi connectivity index (χ3n) is 6.04. The molecule has 36 heavy (non-hydrogen) atoms. The van der Waals surface area contributed by atoms with E-state index in [1.165, 1.54) is 17.9 Å². The molecule has 1 atom stereocenters. The SMILES string of the molecule is CC(=O)C1=C(CNc2ccc(C(=O)/C=C/c3ccc(O)cc3)cc2)N(C)C(=O)NC1c1ccccc1. The summed E-state index contributed by atoms with van der Waals surface area (Å²) in [5, 5.41) is 15.5. The van der Waals surface area contributed by atoms with Gasteiger partial charge in [0.1, 0.15) is 5.75 Å². The van der Waals surface area contributed by atoms with E-state index in [0.29, 0.717) is 16.8 Å². The lowest BCUT2D eigenvalue weighted by atomic mass is 9.92. The van der Waals surface area contributed by atoms with Crippen LogP contribution in [0.2, 0.25) is 0 Å². The van der Waals surface area contributed by atoms with Gasteiger partial charge in [-0.2, -0.15) is 0 Å². The number of urea groups is 1. The van der Waals surface area contributed by atoms with Gasteiger partial charge in [0.05, 0.1) is 18.3 Å². The van der Waals surface area contributed by atoms with Gasteiger partial charge >= 0.3 is 6.03 Å². The number of phenols is 1. The van der Waals surface area contributed by atoms with Gasteiger partial charge in [0.25, 0.3) is 0 Å². The molecule has 0 aromatic heterocycles. The van der Waals surface area contributed by atoms with Crippen LogP contribution in [0.3, 0.4) is 0 Å². The van der Waals surface area contributed by atoms with Crippen molar-refractivity contribution in [1.82, 2.24) is 10.2 Å². The van der Waals surface area contributed by atoms with Crippen molar-refractivity contribution in [3.05, 3.63) is 113 Å². The Kier molecular flexibility index (Phi) is 7.30. The number of hydrogen-bond acceptors (Lipinski definition) is 5. The second-order valence-electron chi connectivity index (χ2n) is 8.49. The van der Waals surface area contributed by atoms with Crippen molar-refractivity contribution in [3.63, 3.8) is 0 Å². The number of carbonyl (C=O) groups is 3. The van der Waals surface area contributed by atoms with Crippen molar-refractivity contribution in [2.75, 3.05) is 18.9 Å².